The quantitative estimate of drug-likeness (QED) is 0.772. The molecule has 0 radical (unpaired) electrons. The summed E-state index contributed by atoms with van der Waals surface area (Å²) in [5, 5.41) is 5.17. The first-order chi connectivity index (χ1) is 13.7. The summed E-state index contributed by atoms with van der Waals surface area (Å²) >= 11 is 0. The molecule has 3 heterocycles. The molecule has 0 saturated carbocycles. The fourth-order valence-corrected chi connectivity index (χ4v) is 3.93. The summed E-state index contributed by atoms with van der Waals surface area (Å²) in [5.74, 6) is -1.95. The molecule has 9 nitrogen and oxygen atoms in total. The van der Waals surface area contributed by atoms with Crippen molar-refractivity contribution >= 4 is 29.5 Å². The van der Waals surface area contributed by atoms with Gasteiger partial charge in [0, 0.05) is 25.6 Å². The van der Waals surface area contributed by atoms with E-state index in [1.807, 2.05) is 0 Å². The van der Waals surface area contributed by atoms with E-state index in [1.54, 1.807) is 6.92 Å². The van der Waals surface area contributed by atoms with Crippen LogP contribution >= 0.6 is 0 Å². The van der Waals surface area contributed by atoms with E-state index < -0.39 is 35.5 Å². The van der Waals surface area contributed by atoms with Crippen molar-refractivity contribution in [3.05, 3.63) is 23.8 Å². The maximum atomic E-state index is 14.8. The van der Waals surface area contributed by atoms with Gasteiger partial charge in [-0.25, -0.2) is 18.4 Å². The number of cyclic esters (lactones) is 1. The molecule has 1 aromatic carbocycles. The average Bonchev–Trinajstić information content (AvgIpc) is 3.20. The number of benzene rings is 1. The van der Waals surface area contributed by atoms with Crippen molar-refractivity contribution in [2.24, 2.45) is 0 Å². The Morgan fingerprint density at radius 3 is 2.62 bits per heavy atom. The van der Waals surface area contributed by atoms with Crippen LogP contribution in [0.4, 0.5) is 29.7 Å². The molecule has 3 saturated heterocycles. The van der Waals surface area contributed by atoms with E-state index >= 15 is 0 Å². The van der Waals surface area contributed by atoms with E-state index in [0.717, 1.165) is 17.0 Å². The number of nitrogens with zero attached hydrogens (tertiary/aromatic N) is 2. The number of ether oxygens (including phenoxy) is 2. The molecule has 2 N–H and O–H groups in total. The fourth-order valence-electron chi connectivity index (χ4n) is 3.93. The van der Waals surface area contributed by atoms with Crippen LogP contribution in [-0.4, -0.2) is 62.0 Å². The van der Waals surface area contributed by atoms with E-state index in [-0.39, 0.29) is 49.5 Å². The van der Waals surface area contributed by atoms with E-state index in [0.29, 0.717) is 0 Å². The number of halogens is 2. The van der Waals surface area contributed by atoms with Crippen LogP contribution in [0.5, 0.6) is 0 Å². The maximum absolute atomic E-state index is 14.8. The van der Waals surface area contributed by atoms with Gasteiger partial charge in [0.25, 0.3) is 0 Å². The van der Waals surface area contributed by atoms with Crippen molar-refractivity contribution in [1.82, 2.24) is 10.6 Å². The zero-order valence-electron chi connectivity index (χ0n) is 15.8. The number of fused-ring (bicyclic) bond motifs is 1. The summed E-state index contributed by atoms with van der Waals surface area (Å²) in [6, 6.07) is 1.75. The van der Waals surface area contributed by atoms with Gasteiger partial charge in [0.05, 0.1) is 31.4 Å². The first-order valence-electron chi connectivity index (χ1n) is 9.12. The molecular weight excluding hydrogens is 390 g/mol. The summed E-state index contributed by atoms with van der Waals surface area (Å²) in [4.78, 5) is 37.1. The Kier molecular flexibility index (Phi) is 4.47. The van der Waals surface area contributed by atoms with Gasteiger partial charge < -0.3 is 25.0 Å². The van der Waals surface area contributed by atoms with Crippen LogP contribution in [-0.2, 0) is 14.3 Å². The van der Waals surface area contributed by atoms with Gasteiger partial charge in [-0.3, -0.25) is 9.69 Å². The van der Waals surface area contributed by atoms with Crippen LogP contribution in [0.1, 0.15) is 13.8 Å². The van der Waals surface area contributed by atoms with Crippen LogP contribution < -0.4 is 20.4 Å². The van der Waals surface area contributed by atoms with Gasteiger partial charge >= 0.3 is 12.2 Å². The number of nitrogens with one attached hydrogen (secondary N) is 2. The van der Waals surface area contributed by atoms with Crippen molar-refractivity contribution in [2.75, 3.05) is 36.0 Å². The lowest BCUT2D eigenvalue weighted by atomic mass is 10.0. The van der Waals surface area contributed by atoms with E-state index in [2.05, 4.69) is 10.6 Å². The Labute approximate surface area is 164 Å². The van der Waals surface area contributed by atoms with Gasteiger partial charge in [-0.1, -0.05) is 0 Å². The predicted octanol–water partition coefficient (Wildman–Crippen LogP) is 1.11. The minimum Gasteiger partial charge on any atom is -0.442 e. The van der Waals surface area contributed by atoms with Gasteiger partial charge in [0.15, 0.2) is 17.2 Å². The van der Waals surface area contributed by atoms with Gasteiger partial charge in [0.2, 0.25) is 5.91 Å². The maximum Gasteiger partial charge on any atom is 0.414 e. The predicted molar refractivity (Wildman–Crippen MR) is 96.7 cm³/mol. The molecule has 3 aliphatic heterocycles. The highest BCUT2D eigenvalue weighted by molar-refractivity contribution is 5.90. The van der Waals surface area contributed by atoms with Gasteiger partial charge in [-0.15, -0.1) is 0 Å². The Morgan fingerprint density at radius 1 is 1.31 bits per heavy atom. The van der Waals surface area contributed by atoms with E-state index in [9.17, 15) is 23.2 Å². The average molecular weight is 410 g/mol. The van der Waals surface area contributed by atoms with Gasteiger partial charge in [-0.05, 0) is 6.92 Å². The molecule has 0 aliphatic carbocycles. The van der Waals surface area contributed by atoms with Crippen molar-refractivity contribution < 1.29 is 32.6 Å². The number of hydrogen-bond acceptors (Lipinski definition) is 6. The van der Waals surface area contributed by atoms with Gasteiger partial charge in [-0.2, -0.15) is 0 Å². The van der Waals surface area contributed by atoms with E-state index in [1.165, 1.54) is 11.8 Å². The smallest absolute Gasteiger partial charge is 0.414 e. The molecular formula is C18H20F2N4O5. The second kappa shape index (κ2) is 6.75. The first kappa shape index (κ1) is 19.2. The lowest BCUT2D eigenvalue weighted by molar-refractivity contribution is -0.119. The minimum atomic E-state index is -0.871. The highest BCUT2D eigenvalue weighted by Crippen LogP contribution is 2.37. The molecule has 2 unspecified atom stereocenters. The Morgan fingerprint density at radius 2 is 2.00 bits per heavy atom. The number of carbonyl (C=O) groups is 3. The van der Waals surface area contributed by atoms with Crippen LogP contribution in [0, 0.1) is 11.6 Å². The lowest BCUT2D eigenvalue weighted by Crippen LogP contribution is -2.39. The van der Waals surface area contributed by atoms with Crippen molar-refractivity contribution in [1.29, 1.82) is 0 Å². The van der Waals surface area contributed by atoms with Crippen LogP contribution in [0.3, 0.4) is 0 Å². The summed E-state index contributed by atoms with van der Waals surface area (Å²) in [5.41, 5.74) is -1.09. The number of carbonyl (C=O) groups excluding carboxylic acids is 3. The van der Waals surface area contributed by atoms with Crippen LogP contribution in [0.2, 0.25) is 0 Å². The molecule has 29 heavy (non-hydrogen) atoms. The van der Waals surface area contributed by atoms with Crippen molar-refractivity contribution in [3.8, 4) is 0 Å². The summed E-state index contributed by atoms with van der Waals surface area (Å²) in [6.07, 6.45) is -1.91. The highest BCUT2D eigenvalue weighted by atomic mass is 19.1. The Balaban J connectivity index is 1.52. The summed E-state index contributed by atoms with van der Waals surface area (Å²) in [7, 11) is 0. The van der Waals surface area contributed by atoms with Crippen LogP contribution in [0.25, 0.3) is 0 Å². The minimum absolute atomic E-state index is 0.0224. The fraction of sp³-hybridized carbons (Fsp3) is 0.500. The molecule has 3 aliphatic rings. The number of amides is 3. The Hall–Kier alpha value is -3.11. The molecule has 3 fully saturated rings. The highest BCUT2D eigenvalue weighted by Gasteiger charge is 2.52. The third kappa shape index (κ3) is 3.40. The zero-order valence-corrected chi connectivity index (χ0v) is 15.8. The molecule has 0 bridgehead atoms. The number of rotatable bonds is 4. The second-order valence-electron chi connectivity index (χ2n) is 7.59. The lowest BCUT2D eigenvalue weighted by Gasteiger charge is -2.24. The zero-order chi connectivity index (χ0) is 20.9. The van der Waals surface area contributed by atoms with E-state index in [4.69, 9.17) is 9.47 Å². The summed E-state index contributed by atoms with van der Waals surface area (Å²) in [6.45, 7) is 3.53. The SMILES string of the molecule is CC(=O)NC[C@H]1CN(c2cc(F)c(N3CC4NC(=O)OC4(C)C3)c(F)c2)C(=O)O1. The third-order valence-electron chi connectivity index (χ3n) is 5.35. The molecule has 0 aromatic heterocycles. The normalized spacial score (nSPS) is 28.1. The van der Waals surface area contributed by atoms with Crippen molar-refractivity contribution in [3.63, 3.8) is 0 Å². The first-order valence-corrected chi connectivity index (χ1v) is 9.12. The molecule has 4 rings (SSSR count). The largest absolute Gasteiger partial charge is 0.442 e. The molecule has 11 heteroatoms. The number of alkyl carbamates (subject to hydrolysis) is 1. The third-order valence-corrected chi connectivity index (χ3v) is 5.35. The molecule has 156 valence electrons. The Bertz CT molecular complexity index is 874. The number of anilines is 2. The monoisotopic (exact) mass is 410 g/mol. The van der Waals surface area contributed by atoms with Crippen LogP contribution in [0.15, 0.2) is 12.1 Å². The van der Waals surface area contributed by atoms with Gasteiger partial charge in [0.1, 0.15) is 11.8 Å². The summed E-state index contributed by atoms with van der Waals surface area (Å²) < 4.78 is 40.0. The molecule has 3 amide bonds. The molecule has 3 atom stereocenters. The number of hydrogen-bond donors (Lipinski definition) is 2. The second-order valence-corrected chi connectivity index (χ2v) is 7.59. The molecule has 0 spiro atoms. The molecule has 1 aromatic rings. The topological polar surface area (TPSA) is 100 Å². The van der Waals surface area contributed by atoms with Crippen molar-refractivity contribution in [2.45, 2.75) is 31.6 Å². The standard InChI is InChI=1S/C18H20F2N4O5/c1-9(25)21-5-11-6-24(17(27)28-11)10-3-12(19)15(13(20)4-10)23-7-14-18(2,8-23)29-16(26)22-14/h3-4,11,14H,5-8H2,1-2H3,(H,21,25)(H,22,26)/t11-,14?,18?/m0/s1.